The van der Waals surface area contributed by atoms with Gasteiger partial charge in [0.1, 0.15) is 5.82 Å². The summed E-state index contributed by atoms with van der Waals surface area (Å²) in [7, 11) is 2.03. The molecule has 2 aromatic carbocycles. The van der Waals surface area contributed by atoms with Gasteiger partial charge in [-0.3, -0.25) is 10.00 Å². The van der Waals surface area contributed by atoms with E-state index in [1.54, 1.807) is 12.1 Å². The lowest BCUT2D eigenvalue weighted by Crippen LogP contribution is -2.19. The Morgan fingerprint density at radius 1 is 1.00 bits per heavy atom. The first-order valence-corrected chi connectivity index (χ1v) is 9.95. The van der Waals surface area contributed by atoms with Crippen LogP contribution in [0.25, 0.3) is 22.7 Å². The number of aromatic nitrogens is 4. The molecule has 0 atom stereocenters. The molecule has 0 radical (unpaired) electrons. The van der Waals surface area contributed by atoms with Crippen molar-refractivity contribution in [1.82, 2.24) is 25.3 Å². The Balaban J connectivity index is 1.26. The highest BCUT2D eigenvalue weighted by molar-refractivity contribution is 5.59. The predicted molar refractivity (Wildman–Crippen MR) is 113 cm³/mol. The Hall–Kier alpha value is -3.32. The molecule has 4 aromatic rings. The van der Waals surface area contributed by atoms with Gasteiger partial charge in [0.15, 0.2) is 0 Å². The third-order valence-electron chi connectivity index (χ3n) is 4.93. The van der Waals surface area contributed by atoms with Crippen LogP contribution in [0.2, 0.25) is 0 Å². The van der Waals surface area contributed by atoms with E-state index in [-0.39, 0.29) is 5.82 Å². The zero-order chi connectivity index (χ0) is 20.9. The van der Waals surface area contributed by atoms with E-state index in [4.69, 9.17) is 4.42 Å². The Bertz CT molecular complexity index is 1090. The lowest BCUT2D eigenvalue weighted by atomic mass is 10.1. The molecule has 7 heteroatoms. The number of nitrogens with one attached hydrogen (secondary N) is 1. The summed E-state index contributed by atoms with van der Waals surface area (Å²) in [5, 5.41) is 15.7. The molecule has 0 unspecified atom stereocenters. The zero-order valence-corrected chi connectivity index (χ0v) is 17.1. The van der Waals surface area contributed by atoms with Gasteiger partial charge in [-0.25, -0.2) is 4.39 Å². The van der Waals surface area contributed by atoms with Crippen LogP contribution in [0.1, 0.15) is 23.6 Å². The first-order valence-electron chi connectivity index (χ1n) is 9.95. The van der Waals surface area contributed by atoms with Gasteiger partial charge in [0.05, 0.1) is 12.2 Å². The average Bonchev–Trinajstić information content (AvgIpc) is 3.39. The second-order valence-corrected chi connectivity index (χ2v) is 7.49. The summed E-state index contributed by atoms with van der Waals surface area (Å²) >= 11 is 0. The molecule has 0 saturated carbocycles. The molecular weight excluding hydrogens is 381 g/mol. The molecule has 0 bridgehead atoms. The fourth-order valence-electron chi connectivity index (χ4n) is 3.24. The van der Waals surface area contributed by atoms with Crippen LogP contribution in [-0.2, 0) is 13.0 Å². The van der Waals surface area contributed by atoms with E-state index in [0.717, 1.165) is 41.9 Å². The van der Waals surface area contributed by atoms with Crippen LogP contribution < -0.4 is 0 Å². The smallest absolute Gasteiger partial charge is 0.247 e. The lowest BCUT2D eigenvalue weighted by Gasteiger charge is -2.13. The number of halogens is 1. The van der Waals surface area contributed by atoms with Crippen molar-refractivity contribution in [1.29, 1.82) is 0 Å². The van der Waals surface area contributed by atoms with E-state index < -0.39 is 0 Å². The summed E-state index contributed by atoms with van der Waals surface area (Å²) in [5.74, 6) is 0.905. The minimum absolute atomic E-state index is 0.246. The molecule has 2 heterocycles. The molecule has 0 amide bonds. The number of nitrogens with zero attached hydrogens (tertiary/aromatic N) is 4. The normalized spacial score (nSPS) is 11.3. The van der Waals surface area contributed by atoms with Gasteiger partial charge in [0.25, 0.3) is 0 Å². The molecule has 154 valence electrons. The van der Waals surface area contributed by atoms with Crippen molar-refractivity contribution in [2.75, 3.05) is 13.6 Å². The van der Waals surface area contributed by atoms with Crippen LogP contribution in [0.4, 0.5) is 4.39 Å². The SMILES string of the molecule is Cc1ccc(-c2nnc(CN(C)CCCc3cc(-c4ccc(F)cc4)n[nH]3)o2)cc1. The predicted octanol–water partition coefficient (Wildman–Crippen LogP) is 4.64. The summed E-state index contributed by atoms with van der Waals surface area (Å²) in [6.07, 6.45) is 1.83. The number of rotatable bonds is 8. The van der Waals surface area contributed by atoms with Crippen LogP contribution >= 0.6 is 0 Å². The van der Waals surface area contributed by atoms with Crippen LogP contribution in [0.15, 0.2) is 59.0 Å². The molecule has 0 aliphatic heterocycles. The molecule has 30 heavy (non-hydrogen) atoms. The van der Waals surface area contributed by atoms with Crippen LogP contribution in [0, 0.1) is 12.7 Å². The number of benzene rings is 2. The minimum atomic E-state index is -0.246. The molecule has 0 saturated heterocycles. The van der Waals surface area contributed by atoms with Crippen molar-refractivity contribution in [3.63, 3.8) is 0 Å². The maximum absolute atomic E-state index is 13.1. The Morgan fingerprint density at radius 2 is 1.73 bits per heavy atom. The highest BCUT2D eigenvalue weighted by Crippen LogP contribution is 2.20. The molecule has 0 aliphatic carbocycles. The van der Waals surface area contributed by atoms with Crippen molar-refractivity contribution in [3.8, 4) is 22.7 Å². The van der Waals surface area contributed by atoms with Crippen molar-refractivity contribution in [2.24, 2.45) is 0 Å². The summed E-state index contributed by atoms with van der Waals surface area (Å²) in [6.45, 7) is 3.53. The average molecular weight is 405 g/mol. The van der Waals surface area contributed by atoms with E-state index in [1.165, 1.54) is 17.7 Å². The van der Waals surface area contributed by atoms with E-state index >= 15 is 0 Å². The van der Waals surface area contributed by atoms with Crippen LogP contribution in [-0.4, -0.2) is 38.9 Å². The van der Waals surface area contributed by atoms with Gasteiger partial charge in [0, 0.05) is 16.8 Å². The molecule has 6 nitrogen and oxygen atoms in total. The minimum Gasteiger partial charge on any atom is -0.419 e. The van der Waals surface area contributed by atoms with Crippen LogP contribution in [0.3, 0.4) is 0 Å². The Labute approximate surface area is 174 Å². The van der Waals surface area contributed by atoms with Gasteiger partial charge in [0.2, 0.25) is 11.8 Å². The van der Waals surface area contributed by atoms with Crippen molar-refractivity contribution in [2.45, 2.75) is 26.3 Å². The third-order valence-corrected chi connectivity index (χ3v) is 4.93. The van der Waals surface area contributed by atoms with Gasteiger partial charge in [-0.15, -0.1) is 10.2 Å². The Kier molecular flexibility index (Phi) is 5.99. The highest BCUT2D eigenvalue weighted by Gasteiger charge is 2.11. The molecule has 4 rings (SSSR count). The van der Waals surface area contributed by atoms with Gasteiger partial charge in [-0.2, -0.15) is 5.10 Å². The summed E-state index contributed by atoms with van der Waals surface area (Å²) in [6, 6.07) is 16.4. The lowest BCUT2D eigenvalue weighted by molar-refractivity contribution is 0.286. The molecule has 1 N–H and O–H groups in total. The summed E-state index contributed by atoms with van der Waals surface area (Å²) < 4.78 is 18.9. The maximum Gasteiger partial charge on any atom is 0.247 e. The summed E-state index contributed by atoms with van der Waals surface area (Å²) in [4.78, 5) is 2.16. The van der Waals surface area contributed by atoms with Crippen LogP contribution in [0.5, 0.6) is 0 Å². The second-order valence-electron chi connectivity index (χ2n) is 7.49. The molecule has 0 spiro atoms. The fraction of sp³-hybridized carbons (Fsp3) is 0.261. The molecular formula is C23H24FN5O. The van der Waals surface area contributed by atoms with E-state index in [1.807, 2.05) is 44.3 Å². The zero-order valence-electron chi connectivity index (χ0n) is 17.1. The van der Waals surface area contributed by atoms with Gasteiger partial charge < -0.3 is 4.42 Å². The highest BCUT2D eigenvalue weighted by atomic mass is 19.1. The molecule has 0 fully saturated rings. The van der Waals surface area contributed by atoms with E-state index in [2.05, 4.69) is 25.3 Å². The fourth-order valence-corrected chi connectivity index (χ4v) is 3.24. The number of hydrogen-bond donors (Lipinski definition) is 1. The third kappa shape index (κ3) is 4.99. The number of aromatic amines is 1. The van der Waals surface area contributed by atoms with Crippen molar-refractivity contribution in [3.05, 3.63) is 77.6 Å². The molecule has 2 aromatic heterocycles. The number of aryl methyl sites for hydroxylation is 2. The van der Waals surface area contributed by atoms with E-state index in [9.17, 15) is 4.39 Å². The Morgan fingerprint density at radius 3 is 2.50 bits per heavy atom. The monoisotopic (exact) mass is 405 g/mol. The maximum atomic E-state index is 13.1. The standard InChI is InChI=1S/C23H24FN5O/c1-16-5-7-18(8-6-16)23-28-27-22(30-23)15-29(2)13-3-4-20-14-21(26-25-20)17-9-11-19(24)12-10-17/h5-12,14H,3-4,13,15H2,1-2H3,(H,25,26). The van der Waals surface area contributed by atoms with Gasteiger partial charge in [-0.1, -0.05) is 17.7 Å². The van der Waals surface area contributed by atoms with Crippen molar-refractivity contribution < 1.29 is 8.81 Å². The summed E-state index contributed by atoms with van der Waals surface area (Å²) in [5.41, 5.74) is 4.91. The van der Waals surface area contributed by atoms with Gasteiger partial charge >= 0.3 is 0 Å². The number of H-pyrrole nitrogens is 1. The topological polar surface area (TPSA) is 70.8 Å². The van der Waals surface area contributed by atoms with E-state index in [0.29, 0.717) is 18.3 Å². The second kappa shape index (κ2) is 9.00. The quantitative estimate of drug-likeness (QED) is 0.462. The first-order chi connectivity index (χ1) is 14.6. The largest absolute Gasteiger partial charge is 0.419 e. The van der Waals surface area contributed by atoms with Gasteiger partial charge in [-0.05, 0) is 75.8 Å². The first kappa shape index (κ1) is 20.0. The molecule has 0 aliphatic rings. The number of hydrogen-bond acceptors (Lipinski definition) is 5. The van der Waals surface area contributed by atoms with Crippen molar-refractivity contribution >= 4 is 0 Å².